The second kappa shape index (κ2) is 5.28. The van der Waals surface area contributed by atoms with Gasteiger partial charge in [-0.2, -0.15) is 0 Å². The van der Waals surface area contributed by atoms with Gasteiger partial charge in [0.05, 0.1) is 15.1 Å². The van der Waals surface area contributed by atoms with Crippen molar-refractivity contribution in [1.29, 1.82) is 0 Å². The average Bonchev–Trinajstić information content (AvgIpc) is 2.01. The SMILES string of the molecule is O=C(O)c1c(O)c(Cl)cc(Cl)c1Cl.[H-].[H-].[Mg+2]. The zero-order valence-corrected chi connectivity index (χ0v) is 10.4. The molecule has 0 aromatic heterocycles. The summed E-state index contributed by atoms with van der Waals surface area (Å²) in [4.78, 5) is 10.6. The van der Waals surface area contributed by atoms with Gasteiger partial charge in [0.25, 0.3) is 0 Å². The van der Waals surface area contributed by atoms with E-state index >= 15 is 0 Å². The van der Waals surface area contributed by atoms with E-state index in [2.05, 4.69) is 0 Å². The van der Waals surface area contributed by atoms with Crippen LogP contribution in [0.3, 0.4) is 0 Å². The van der Waals surface area contributed by atoms with Gasteiger partial charge in [0, 0.05) is 0 Å². The summed E-state index contributed by atoms with van der Waals surface area (Å²) in [7, 11) is 0. The van der Waals surface area contributed by atoms with Gasteiger partial charge in [-0.25, -0.2) is 4.79 Å². The fraction of sp³-hybridized carbons (Fsp3) is 0. The van der Waals surface area contributed by atoms with Crippen LogP contribution in [0.2, 0.25) is 15.1 Å². The van der Waals surface area contributed by atoms with Crippen LogP contribution in [0, 0.1) is 0 Å². The van der Waals surface area contributed by atoms with Gasteiger partial charge in [-0.15, -0.1) is 0 Å². The molecule has 14 heavy (non-hydrogen) atoms. The summed E-state index contributed by atoms with van der Waals surface area (Å²) >= 11 is 16.6. The van der Waals surface area contributed by atoms with Crippen LogP contribution >= 0.6 is 34.8 Å². The first-order valence-corrected chi connectivity index (χ1v) is 4.18. The molecule has 0 aliphatic rings. The molecule has 1 aromatic carbocycles. The zero-order chi connectivity index (χ0) is 10.2. The van der Waals surface area contributed by atoms with Crippen LogP contribution in [0.4, 0.5) is 0 Å². The van der Waals surface area contributed by atoms with Crippen LogP contribution in [0.25, 0.3) is 0 Å². The molecule has 3 nitrogen and oxygen atoms in total. The van der Waals surface area contributed by atoms with Crippen molar-refractivity contribution in [3.05, 3.63) is 26.7 Å². The number of carbonyl (C=O) groups is 1. The molecular weight excluding hydrogens is 263 g/mol. The maximum atomic E-state index is 10.6. The van der Waals surface area contributed by atoms with Gasteiger partial charge < -0.3 is 13.1 Å². The van der Waals surface area contributed by atoms with E-state index in [0.29, 0.717) is 0 Å². The molecule has 0 unspecified atom stereocenters. The molecule has 0 aliphatic heterocycles. The molecule has 0 heterocycles. The van der Waals surface area contributed by atoms with Crippen LogP contribution in [0.5, 0.6) is 5.75 Å². The van der Waals surface area contributed by atoms with Gasteiger partial charge in [-0.1, -0.05) is 34.8 Å². The minimum Gasteiger partial charge on any atom is -1.00 e. The maximum absolute atomic E-state index is 10.6. The van der Waals surface area contributed by atoms with Crippen LogP contribution in [-0.4, -0.2) is 39.2 Å². The van der Waals surface area contributed by atoms with E-state index in [9.17, 15) is 9.90 Å². The molecule has 0 bridgehead atoms. The molecular formula is C7H5Cl3MgO3. The standard InChI is InChI=1S/C7H3Cl3O3.Mg.2H/c8-2-1-3(9)6(11)4(5(2)10)7(12)13;;;/h1,11H,(H,12,13);;;/q;+2;2*-1. The third kappa shape index (κ3) is 2.58. The number of carboxylic acids is 1. The smallest absolute Gasteiger partial charge is 1.00 e. The molecule has 74 valence electrons. The van der Waals surface area contributed by atoms with E-state index in [-0.39, 0.29) is 41.0 Å². The Hall–Kier alpha value is 0.126. The number of rotatable bonds is 1. The first-order chi connectivity index (χ1) is 5.95. The van der Waals surface area contributed by atoms with Crippen molar-refractivity contribution in [1.82, 2.24) is 0 Å². The Labute approximate surface area is 114 Å². The van der Waals surface area contributed by atoms with E-state index in [1.54, 1.807) is 0 Å². The summed E-state index contributed by atoms with van der Waals surface area (Å²) in [6, 6.07) is 1.17. The second-order valence-electron chi connectivity index (χ2n) is 2.18. The minimum absolute atomic E-state index is 0. The number of benzene rings is 1. The van der Waals surface area contributed by atoms with Gasteiger partial charge in [-0.05, 0) is 6.07 Å². The molecule has 0 radical (unpaired) electrons. The number of hydrogen-bond acceptors (Lipinski definition) is 2. The van der Waals surface area contributed by atoms with Gasteiger partial charge in [-0.3, -0.25) is 0 Å². The van der Waals surface area contributed by atoms with Gasteiger partial charge in [0.1, 0.15) is 11.3 Å². The van der Waals surface area contributed by atoms with Crippen molar-refractivity contribution in [3.8, 4) is 5.75 Å². The third-order valence-electron chi connectivity index (χ3n) is 1.36. The van der Waals surface area contributed by atoms with Crippen LogP contribution < -0.4 is 0 Å². The summed E-state index contributed by atoms with van der Waals surface area (Å²) in [5, 5.41) is 17.5. The topological polar surface area (TPSA) is 57.5 Å². The van der Waals surface area contributed by atoms with Crippen molar-refractivity contribution in [2.75, 3.05) is 0 Å². The van der Waals surface area contributed by atoms with Crippen molar-refractivity contribution in [2.45, 2.75) is 0 Å². The fourth-order valence-corrected chi connectivity index (χ4v) is 1.47. The Morgan fingerprint density at radius 3 is 2.21 bits per heavy atom. The number of halogens is 3. The molecule has 0 atom stereocenters. The zero-order valence-electron chi connectivity index (χ0n) is 8.72. The van der Waals surface area contributed by atoms with E-state index in [1.807, 2.05) is 0 Å². The van der Waals surface area contributed by atoms with Crippen molar-refractivity contribution < 1.29 is 17.9 Å². The maximum Gasteiger partial charge on any atom is 2.00 e. The number of hydrogen-bond donors (Lipinski definition) is 2. The molecule has 0 amide bonds. The molecule has 7 heteroatoms. The fourth-order valence-electron chi connectivity index (χ4n) is 0.781. The summed E-state index contributed by atoms with van der Waals surface area (Å²) < 4.78 is 0. The number of carboxylic acid groups (broad SMARTS) is 1. The Balaban J connectivity index is -0.000000563. The first-order valence-electron chi connectivity index (χ1n) is 3.05. The van der Waals surface area contributed by atoms with Gasteiger partial charge in [0.15, 0.2) is 0 Å². The number of aromatic hydroxyl groups is 1. The summed E-state index contributed by atoms with van der Waals surface area (Å²) in [5.41, 5.74) is -0.487. The Kier molecular flexibility index (Phi) is 5.32. The quantitative estimate of drug-likeness (QED) is 0.608. The molecule has 2 N–H and O–H groups in total. The molecule has 0 saturated carbocycles. The monoisotopic (exact) mass is 266 g/mol. The normalized spacial score (nSPS) is 9.36. The van der Waals surface area contributed by atoms with E-state index in [1.165, 1.54) is 6.07 Å². The molecule has 0 saturated heterocycles. The van der Waals surface area contributed by atoms with E-state index < -0.39 is 17.3 Å². The largest absolute Gasteiger partial charge is 2.00 e. The van der Waals surface area contributed by atoms with Crippen LogP contribution in [-0.2, 0) is 0 Å². The average molecular weight is 268 g/mol. The van der Waals surface area contributed by atoms with Crippen molar-refractivity contribution >= 4 is 63.8 Å². The van der Waals surface area contributed by atoms with Crippen LogP contribution in [0.1, 0.15) is 13.2 Å². The predicted octanol–water partition coefficient (Wildman–Crippen LogP) is 2.89. The third-order valence-corrected chi connectivity index (χ3v) is 2.44. The van der Waals surface area contributed by atoms with E-state index in [0.717, 1.165) is 0 Å². The first kappa shape index (κ1) is 14.1. The molecule has 1 rings (SSSR count). The summed E-state index contributed by atoms with van der Waals surface area (Å²) in [5.74, 6) is -1.96. The van der Waals surface area contributed by atoms with Crippen LogP contribution in [0.15, 0.2) is 6.07 Å². The van der Waals surface area contributed by atoms with Crippen molar-refractivity contribution in [3.63, 3.8) is 0 Å². The van der Waals surface area contributed by atoms with Crippen molar-refractivity contribution in [2.24, 2.45) is 0 Å². The number of aromatic carboxylic acids is 1. The minimum atomic E-state index is -1.38. The van der Waals surface area contributed by atoms with E-state index in [4.69, 9.17) is 39.9 Å². The molecule has 1 aromatic rings. The Morgan fingerprint density at radius 2 is 1.79 bits per heavy atom. The van der Waals surface area contributed by atoms with Gasteiger partial charge in [0.2, 0.25) is 0 Å². The van der Waals surface area contributed by atoms with Gasteiger partial charge >= 0.3 is 29.0 Å². The molecule has 0 spiro atoms. The summed E-state index contributed by atoms with van der Waals surface area (Å²) in [6.07, 6.45) is 0. The molecule has 0 fully saturated rings. The Bertz CT molecular complexity index is 363. The number of phenols is 1. The second-order valence-corrected chi connectivity index (χ2v) is 3.38. The molecule has 0 aliphatic carbocycles. The summed E-state index contributed by atoms with van der Waals surface area (Å²) in [6.45, 7) is 0. The predicted molar refractivity (Wildman–Crippen MR) is 58.1 cm³/mol. The Morgan fingerprint density at radius 1 is 1.29 bits per heavy atom.